The molecule has 0 amide bonds. The zero-order chi connectivity index (χ0) is 102. The predicted molar refractivity (Wildman–Crippen MR) is 642 cm³/mol. The van der Waals surface area contributed by atoms with Gasteiger partial charge in [0.1, 0.15) is 0 Å². The van der Waals surface area contributed by atoms with Crippen molar-refractivity contribution in [1.29, 1.82) is 0 Å². The molecular weight excluding hydrogens is 1770 g/mol. The van der Waals surface area contributed by atoms with Gasteiger partial charge in [0.15, 0.2) is 0 Å². The molecule has 0 aliphatic rings. The van der Waals surface area contributed by atoms with Crippen molar-refractivity contribution in [2.24, 2.45) is 0 Å². The van der Waals surface area contributed by atoms with E-state index in [4.69, 9.17) is 15.0 Å². The smallest absolute Gasteiger partial charge is 0.241 e. The Labute approximate surface area is 870 Å². The highest BCUT2D eigenvalue weighted by Crippen LogP contribution is 2.44. The first kappa shape index (κ1) is 97.5. The fraction of sp³-hybridized carbons (Fsp3) is 0.170. The first-order chi connectivity index (χ1) is 70.7. The van der Waals surface area contributed by atoms with Crippen molar-refractivity contribution in [3.63, 3.8) is 0 Å². The fourth-order valence-corrected chi connectivity index (χ4v) is 21.9. The van der Waals surface area contributed by atoms with Gasteiger partial charge in [-0.2, -0.15) is 0 Å². The molecule has 3 heterocycles. The van der Waals surface area contributed by atoms with Gasteiger partial charge in [-0.25, -0.2) is 15.0 Å². The molecule has 0 atom stereocenters. The Bertz CT molecular complexity index is 8630. The summed E-state index contributed by atoms with van der Waals surface area (Å²) in [6.45, 7) is 41.3. The van der Waals surface area contributed by atoms with Crippen molar-refractivity contribution in [3.8, 4) is 56.0 Å². The van der Waals surface area contributed by atoms with E-state index in [1.807, 2.05) is 0 Å². The van der Waals surface area contributed by atoms with Crippen molar-refractivity contribution >= 4 is 167 Å². The summed E-state index contributed by atoms with van der Waals surface area (Å²) in [6, 6.07) is 166. The lowest BCUT2D eigenvalue weighted by Gasteiger charge is -2.23. The Kier molecular flexibility index (Phi) is 26.1. The Morgan fingerprint density at radius 2 is 0.354 bits per heavy atom. The molecule has 0 radical (unpaired) electrons. The Balaban J connectivity index is 0.000000130. The topological polar surface area (TPSA) is 38.7 Å². The van der Waals surface area contributed by atoms with Crippen molar-refractivity contribution in [1.82, 2.24) is 15.0 Å². The number of hydrogen-bond donors (Lipinski definition) is 0. The van der Waals surface area contributed by atoms with E-state index in [1.54, 1.807) is 0 Å². The monoisotopic (exact) mass is 1900 g/mol. The van der Waals surface area contributed by atoms with Crippen molar-refractivity contribution in [2.75, 3.05) is 0 Å². The molecule has 23 aromatic rings. The molecule has 23 rings (SSSR count). The summed E-state index contributed by atoms with van der Waals surface area (Å²) in [5.41, 5.74) is 34.6. The van der Waals surface area contributed by atoms with E-state index in [-0.39, 0.29) is 52.6 Å². The van der Waals surface area contributed by atoms with E-state index < -0.39 is 0 Å². The molecule has 0 N–H and O–H groups in total. The van der Waals surface area contributed by atoms with Crippen LogP contribution in [0.5, 0.6) is 0 Å². The molecule has 716 valence electrons. The lowest BCUT2D eigenvalue weighted by molar-refractivity contribution is 0.590. The first-order valence-electron chi connectivity index (χ1n) is 52.4. The van der Waals surface area contributed by atoms with Crippen LogP contribution in [-0.4, -0.2) is 35.1 Å². The molecule has 0 fully saturated rings. The van der Waals surface area contributed by atoms with E-state index in [0.717, 1.165) is 50.3 Å². The SMILES string of the molecule is CC(C)(C)c1ccc(B(c2ccc(-c3ccc4c(c3)nc(-c3ccccc3)c3ccc5ccccc5c34)cc2)c2ccc(C(C)(C)C)cc2)cc1.CC(C)(C)c1ccc(B(c2ccc(C(C)(C)C)cc2)c2ccc3c(c2)nc(-c2ccccc2)c2ccc4ccccc4c23)cc1.CC(C)(C)c1ccc(B(c2ccc(C(C)(C)C)cc2)c2cccc(-c3ccc4c(c3)nc(-c3ccccc3)c3ccc5ccccc5c34)c2)cc1. The third-order valence-electron chi connectivity index (χ3n) is 30.3. The fourth-order valence-electron chi connectivity index (χ4n) is 21.9. The van der Waals surface area contributed by atoms with Gasteiger partial charge in [0.2, 0.25) is 20.1 Å². The molecule has 20 aromatic carbocycles. The standard InChI is InChI=1S/2C49H44BN.C43H40BN/c1-48(2,3)37-21-25-39(26-22-37)50(40-27-23-38(24-28-40)49(4,5)6)41-17-12-16-35(31-41)36-20-29-43-45(32-36)51-47(34-14-8-7-9-15-34)44-30-19-33-13-10-11-18-42(33)46(43)44;1-48(2,3)37-20-26-40(27-21-37)50(41-28-22-38(23-29-41)49(4,5)6)39-24-16-33(17-25-39)36-19-30-43-45(32-36)51-47(35-13-8-7-9-14-35)44-31-18-34-12-10-11-15-42(34)46(43)44;1-42(2,3)31-17-21-33(22-18-31)44(34-23-19-32(20-24-34)43(4,5)6)35-25-27-37-39(28-35)45-41(30-13-8-7-9-14-30)38-26-16-29-12-10-11-15-36(29)40(37)38/h2*7-32H,1-6H3;7-28H,1-6H3. The quantitative estimate of drug-likeness (QED) is 0.0804. The summed E-state index contributed by atoms with van der Waals surface area (Å²) in [4.78, 5) is 16.1. The normalized spacial score (nSPS) is 12.1. The predicted octanol–water partition coefficient (Wildman–Crippen LogP) is 31.3. The molecule has 147 heavy (non-hydrogen) atoms. The van der Waals surface area contributed by atoms with E-state index in [2.05, 4.69) is 574 Å². The summed E-state index contributed by atoms with van der Waals surface area (Å²) < 4.78 is 0. The van der Waals surface area contributed by atoms with Crippen LogP contribution in [-0.2, 0) is 32.5 Å². The van der Waals surface area contributed by atoms with Crippen molar-refractivity contribution < 1.29 is 0 Å². The summed E-state index contributed by atoms with van der Waals surface area (Å²) in [5.74, 6) is 0. The minimum Gasteiger partial charge on any atom is -0.247 e. The van der Waals surface area contributed by atoms with Gasteiger partial charge in [-0.15, -0.1) is 0 Å². The molecule has 0 saturated heterocycles. The molecule has 0 aliphatic carbocycles. The highest BCUT2D eigenvalue weighted by molar-refractivity contribution is 6.96. The van der Waals surface area contributed by atoms with Gasteiger partial charge in [-0.1, -0.05) is 605 Å². The van der Waals surface area contributed by atoms with E-state index in [9.17, 15) is 0 Å². The van der Waals surface area contributed by atoms with Gasteiger partial charge in [-0.05, 0) is 139 Å². The lowest BCUT2D eigenvalue weighted by Crippen LogP contribution is -2.52. The Morgan fingerprint density at radius 3 is 0.646 bits per heavy atom. The zero-order valence-corrected chi connectivity index (χ0v) is 88.3. The summed E-state index contributed by atoms with van der Waals surface area (Å²) >= 11 is 0. The van der Waals surface area contributed by atoms with Crippen molar-refractivity contribution in [3.05, 3.63) is 482 Å². The van der Waals surface area contributed by atoms with Gasteiger partial charge < -0.3 is 0 Å². The Morgan fingerprint density at radius 1 is 0.143 bits per heavy atom. The van der Waals surface area contributed by atoms with Gasteiger partial charge in [-0.3, -0.25) is 0 Å². The minimum atomic E-state index is 0.0858. The Hall–Kier alpha value is -15.6. The molecule has 6 heteroatoms. The highest BCUT2D eigenvalue weighted by Gasteiger charge is 2.31. The molecule has 3 nitrogen and oxygen atoms in total. The largest absolute Gasteiger partial charge is 0.247 e. The van der Waals surface area contributed by atoms with E-state index in [0.29, 0.717) is 0 Å². The van der Waals surface area contributed by atoms with E-state index in [1.165, 1.54) is 186 Å². The maximum absolute atomic E-state index is 5.40. The molecule has 0 saturated carbocycles. The summed E-state index contributed by atoms with van der Waals surface area (Å²) in [5, 5.41) is 18.4. The second-order valence-electron chi connectivity index (χ2n) is 46.6. The maximum atomic E-state index is 5.40. The molecule has 0 spiro atoms. The van der Waals surface area contributed by atoms with E-state index >= 15 is 0 Å². The van der Waals surface area contributed by atoms with Crippen LogP contribution < -0.4 is 49.2 Å². The number of hydrogen-bond acceptors (Lipinski definition) is 3. The molecule has 0 bridgehead atoms. The number of nitrogens with zero attached hydrogens (tertiary/aromatic N) is 3. The third kappa shape index (κ3) is 20.1. The number of benzene rings is 20. The number of aromatic nitrogens is 3. The average molecular weight is 1900 g/mol. The third-order valence-corrected chi connectivity index (χ3v) is 30.3. The zero-order valence-electron chi connectivity index (χ0n) is 88.3. The van der Waals surface area contributed by atoms with Crippen LogP contribution in [0.4, 0.5) is 0 Å². The maximum Gasteiger partial charge on any atom is 0.241 e. The van der Waals surface area contributed by atoms with Gasteiger partial charge in [0.25, 0.3) is 0 Å². The molecular formula is C141H128B3N3. The van der Waals surface area contributed by atoms with Crippen LogP contribution >= 0.6 is 0 Å². The number of rotatable bonds is 14. The van der Waals surface area contributed by atoms with Crippen LogP contribution in [0.15, 0.2) is 449 Å². The first-order valence-corrected chi connectivity index (χ1v) is 52.4. The van der Waals surface area contributed by atoms with Crippen LogP contribution in [0, 0.1) is 0 Å². The van der Waals surface area contributed by atoms with Crippen molar-refractivity contribution in [2.45, 2.75) is 157 Å². The summed E-state index contributed by atoms with van der Waals surface area (Å²) in [7, 11) is 0. The van der Waals surface area contributed by atoms with Gasteiger partial charge in [0.05, 0.1) is 33.6 Å². The molecule has 0 unspecified atom stereocenters. The number of fused-ring (bicyclic) bond motifs is 15. The lowest BCUT2D eigenvalue weighted by atomic mass is 9.36. The highest BCUT2D eigenvalue weighted by atomic mass is 14.7. The number of pyridine rings is 3. The minimum absolute atomic E-state index is 0.0858. The van der Waals surface area contributed by atoms with Crippen LogP contribution in [0.25, 0.3) is 153 Å². The average Bonchev–Trinajstić information content (AvgIpc) is 0.740. The second kappa shape index (κ2) is 39.4. The van der Waals surface area contributed by atoms with Crippen LogP contribution in [0.2, 0.25) is 0 Å². The van der Waals surface area contributed by atoms with Gasteiger partial charge in [0, 0.05) is 65.2 Å². The van der Waals surface area contributed by atoms with Gasteiger partial charge >= 0.3 is 0 Å². The second-order valence-corrected chi connectivity index (χ2v) is 46.6. The molecule has 0 aliphatic heterocycles. The van der Waals surface area contributed by atoms with Crippen LogP contribution in [0.1, 0.15) is 158 Å². The van der Waals surface area contributed by atoms with Crippen LogP contribution in [0.3, 0.4) is 0 Å². The summed E-state index contributed by atoms with van der Waals surface area (Å²) in [6.07, 6.45) is 0. The molecule has 3 aromatic heterocycles.